The third-order valence-corrected chi connectivity index (χ3v) is 3.44. The number of amides is 1. The Balaban J connectivity index is 3.01. The molecule has 0 radical (unpaired) electrons. The van der Waals surface area contributed by atoms with Crippen LogP contribution in [0.2, 0.25) is 0 Å². The summed E-state index contributed by atoms with van der Waals surface area (Å²) in [7, 11) is 0. The zero-order valence-corrected chi connectivity index (χ0v) is 12.2. The van der Waals surface area contributed by atoms with Gasteiger partial charge >= 0.3 is 0 Å². The molecule has 0 aliphatic heterocycles. The van der Waals surface area contributed by atoms with Crippen LogP contribution in [0.4, 0.5) is 5.69 Å². The highest BCUT2D eigenvalue weighted by atomic mass is 79.9. The highest BCUT2D eigenvalue weighted by Crippen LogP contribution is 2.28. The lowest BCUT2D eigenvalue weighted by molar-refractivity contribution is -0.385. The number of nitrogens with one attached hydrogen (secondary N) is 1. The minimum Gasteiger partial charge on any atom is -0.396 e. The lowest BCUT2D eigenvalue weighted by Crippen LogP contribution is -2.44. The van der Waals surface area contributed by atoms with Gasteiger partial charge in [0.1, 0.15) is 4.47 Å². The van der Waals surface area contributed by atoms with E-state index in [0.29, 0.717) is 6.42 Å². The van der Waals surface area contributed by atoms with Crippen LogP contribution >= 0.6 is 15.9 Å². The molecule has 0 atom stereocenters. The average molecular weight is 331 g/mol. The number of carbonyl (C=O) groups excluding carboxylic acids is 1. The molecule has 7 heteroatoms. The fourth-order valence-electron chi connectivity index (χ4n) is 1.55. The van der Waals surface area contributed by atoms with Gasteiger partial charge in [0, 0.05) is 18.2 Å². The molecule has 0 saturated carbocycles. The number of halogens is 1. The Labute approximate surface area is 119 Å². The van der Waals surface area contributed by atoms with Gasteiger partial charge in [-0.2, -0.15) is 0 Å². The lowest BCUT2D eigenvalue weighted by Gasteiger charge is -2.25. The maximum absolute atomic E-state index is 12.1. The highest BCUT2D eigenvalue weighted by molar-refractivity contribution is 9.10. The Morgan fingerprint density at radius 1 is 1.53 bits per heavy atom. The summed E-state index contributed by atoms with van der Waals surface area (Å²) in [6.07, 6.45) is 0.394. The third-order valence-electron chi connectivity index (χ3n) is 2.61. The molecule has 104 valence electrons. The standard InChI is InChI=1S/C12H15BrN2O4/c1-12(2,6-7-16)14-11(17)8-4-3-5-9(10(8)13)15(18)19/h3-5,16H,6-7H2,1-2H3,(H,14,17). The van der Waals surface area contributed by atoms with Gasteiger partial charge in [0.05, 0.1) is 10.5 Å². The van der Waals surface area contributed by atoms with E-state index in [4.69, 9.17) is 5.11 Å². The molecule has 0 spiro atoms. The molecule has 6 nitrogen and oxygen atoms in total. The number of benzene rings is 1. The van der Waals surface area contributed by atoms with Crippen LogP contribution in [0.3, 0.4) is 0 Å². The smallest absolute Gasteiger partial charge is 0.284 e. The second-order valence-electron chi connectivity index (χ2n) is 4.71. The van der Waals surface area contributed by atoms with Crippen LogP contribution in [0.15, 0.2) is 22.7 Å². The normalized spacial score (nSPS) is 11.2. The maximum atomic E-state index is 12.1. The number of nitrogens with zero attached hydrogens (tertiary/aromatic N) is 1. The second-order valence-corrected chi connectivity index (χ2v) is 5.50. The van der Waals surface area contributed by atoms with Crippen LogP contribution < -0.4 is 5.32 Å². The average Bonchev–Trinajstić information content (AvgIpc) is 2.27. The zero-order valence-electron chi connectivity index (χ0n) is 10.6. The molecule has 19 heavy (non-hydrogen) atoms. The Bertz CT molecular complexity index is 503. The Morgan fingerprint density at radius 3 is 2.68 bits per heavy atom. The SMILES string of the molecule is CC(C)(CCO)NC(=O)c1cccc([N+](=O)[O-])c1Br. The fraction of sp³-hybridized carbons (Fsp3) is 0.417. The number of aliphatic hydroxyl groups excluding tert-OH is 1. The molecular formula is C12H15BrN2O4. The lowest BCUT2D eigenvalue weighted by atomic mass is 10.0. The van der Waals surface area contributed by atoms with Gasteiger partial charge in [-0.05, 0) is 42.3 Å². The van der Waals surface area contributed by atoms with Crippen molar-refractivity contribution in [3.05, 3.63) is 38.3 Å². The quantitative estimate of drug-likeness (QED) is 0.639. The van der Waals surface area contributed by atoms with E-state index in [-0.39, 0.29) is 22.3 Å². The van der Waals surface area contributed by atoms with E-state index in [9.17, 15) is 14.9 Å². The van der Waals surface area contributed by atoms with Crippen molar-refractivity contribution in [3.8, 4) is 0 Å². The number of rotatable bonds is 5. The number of nitro benzene ring substituents is 1. The molecule has 0 bridgehead atoms. The first kappa shape index (κ1) is 15.6. The third kappa shape index (κ3) is 4.00. The van der Waals surface area contributed by atoms with Crippen molar-refractivity contribution in [1.82, 2.24) is 5.32 Å². The predicted octanol–water partition coefficient (Wildman–Crippen LogP) is 2.25. The van der Waals surface area contributed by atoms with Crippen LogP contribution in [0, 0.1) is 10.1 Å². The van der Waals surface area contributed by atoms with Crippen molar-refractivity contribution < 1.29 is 14.8 Å². The number of hydrogen-bond acceptors (Lipinski definition) is 4. The Kier molecular flexibility index (Phi) is 5.02. The van der Waals surface area contributed by atoms with Crippen molar-refractivity contribution in [3.63, 3.8) is 0 Å². The molecule has 0 aliphatic carbocycles. The highest BCUT2D eigenvalue weighted by Gasteiger charge is 2.24. The molecule has 0 unspecified atom stereocenters. The minimum absolute atomic E-state index is 0.0522. The second kappa shape index (κ2) is 6.12. The molecule has 1 aromatic rings. The van der Waals surface area contributed by atoms with E-state index in [0.717, 1.165) is 0 Å². The molecule has 1 amide bonds. The summed E-state index contributed by atoms with van der Waals surface area (Å²) in [5.41, 5.74) is -0.552. The van der Waals surface area contributed by atoms with Crippen LogP contribution in [-0.2, 0) is 0 Å². The van der Waals surface area contributed by atoms with Gasteiger partial charge in [-0.3, -0.25) is 14.9 Å². The largest absolute Gasteiger partial charge is 0.396 e. The summed E-state index contributed by atoms with van der Waals surface area (Å²) in [6.45, 7) is 3.49. The molecule has 0 aromatic heterocycles. The van der Waals surface area contributed by atoms with E-state index in [1.165, 1.54) is 18.2 Å². The van der Waals surface area contributed by atoms with E-state index in [1.807, 2.05) is 0 Å². The topological polar surface area (TPSA) is 92.5 Å². The van der Waals surface area contributed by atoms with Crippen LogP contribution in [0.1, 0.15) is 30.6 Å². The monoisotopic (exact) mass is 330 g/mol. The molecule has 0 heterocycles. The van der Waals surface area contributed by atoms with E-state index < -0.39 is 16.4 Å². The number of aliphatic hydroxyl groups is 1. The van der Waals surface area contributed by atoms with Crippen molar-refractivity contribution in [1.29, 1.82) is 0 Å². The van der Waals surface area contributed by atoms with Gasteiger partial charge < -0.3 is 10.4 Å². The number of nitro groups is 1. The summed E-state index contributed by atoms with van der Waals surface area (Å²) >= 11 is 3.08. The van der Waals surface area contributed by atoms with Crippen molar-refractivity contribution in [2.24, 2.45) is 0 Å². The zero-order chi connectivity index (χ0) is 14.6. The van der Waals surface area contributed by atoms with Crippen molar-refractivity contribution in [2.45, 2.75) is 25.8 Å². The molecule has 0 aliphatic rings. The first-order valence-corrected chi connectivity index (χ1v) is 6.44. The molecular weight excluding hydrogens is 316 g/mol. The Morgan fingerprint density at radius 2 is 2.16 bits per heavy atom. The van der Waals surface area contributed by atoms with Crippen molar-refractivity contribution >= 4 is 27.5 Å². The summed E-state index contributed by atoms with van der Waals surface area (Å²) < 4.78 is 0.150. The van der Waals surface area contributed by atoms with Crippen LogP contribution in [-0.4, -0.2) is 28.1 Å². The predicted molar refractivity (Wildman–Crippen MR) is 74.0 cm³/mol. The van der Waals surface area contributed by atoms with Gasteiger partial charge in [0.15, 0.2) is 0 Å². The Hall–Kier alpha value is -1.47. The van der Waals surface area contributed by atoms with E-state index >= 15 is 0 Å². The molecule has 2 N–H and O–H groups in total. The minimum atomic E-state index is -0.587. The van der Waals surface area contributed by atoms with Gasteiger partial charge in [-0.25, -0.2) is 0 Å². The van der Waals surface area contributed by atoms with E-state index in [1.54, 1.807) is 13.8 Å². The van der Waals surface area contributed by atoms with Crippen LogP contribution in [0.25, 0.3) is 0 Å². The molecule has 0 fully saturated rings. The van der Waals surface area contributed by atoms with E-state index in [2.05, 4.69) is 21.2 Å². The molecule has 1 aromatic carbocycles. The first-order chi connectivity index (χ1) is 8.78. The summed E-state index contributed by atoms with van der Waals surface area (Å²) in [5.74, 6) is -0.422. The van der Waals surface area contributed by atoms with Gasteiger partial charge in [-0.15, -0.1) is 0 Å². The summed E-state index contributed by atoms with van der Waals surface area (Å²) in [5, 5.41) is 22.4. The van der Waals surface area contributed by atoms with Gasteiger partial charge in [0.2, 0.25) is 0 Å². The number of carbonyl (C=O) groups is 1. The fourth-order valence-corrected chi connectivity index (χ4v) is 2.14. The van der Waals surface area contributed by atoms with Crippen molar-refractivity contribution in [2.75, 3.05) is 6.61 Å². The van der Waals surface area contributed by atoms with Crippen LogP contribution in [0.5, 0.6) is 0 Å². The summed E-state index contributed by atoms with van der Waals surface area (Å²) in [6, 6.07) is 4.28. The first-order valence-electron chi connectivity index (χ1n) is 5.65. The molecule has 1 rings (SSSR count). The molecule has 0 saturated heterocycles. The number of hydrogen-bond donors (Lipinski definition) is 2. The maximum Gasteiger partial charge on any atom is 0.284 e. The summed E-state index contributed by atoms with van der Waals surface area (Å²) in [4.78, 5) is 22.3. The van der Waals surface area contributed by atoms with Gasteiger partial charge in [0.25, 0.3) is 11.6 Å². The van der Waals surface area contributed by atoms with Gasteiger partial charge in [-0.1, -0.05) is 6.07 Å².